The number of hydrogen-bond acceptors (Lipinski definition) is 2. The SMILES string of the molecule is C/C=C/Cc1cc(Br)cc(NC(=O)Cc2ccc(C)cc2)c1OCCC. The Morgan fingerprint density at radius 1 is 1.23 bits per heavy atom. The molecule has 4 heteroatoms. The van der Waals surface area contributed by atoms with Crippen molar-refractivity contribution in [3.8, 4) is 5.75 Å². The smallest absolute Gasteiger partial charge is 0.228 e. The van der Waals surface area contributed by atoms with Crippen LogP contribution in [-0.4, -0.2) is 12.5 Å². The summed E-state index contributed by atoms with van der Waals surface area (Å²) in [7, 11) is 0. The van der Waals surface area contributed by atoms with Crippen molar-refractivity contribution < 1.29 is 9.53 Å². The summed E-state index contributed by atoms with van der Waals surface area (Å²) in [5, 5.41) is 3.02. The van der Waals surface area contributed by atoms with E-state index < -0.39 is 0 Å². The largest absolute Gasteiger partial charge is 0.491 e. The minimum atomic E-state index is -0.0507. The number of ether oxygens (including phenoxy) is 1. The van der Waals surface area contributed by atoms with Gasteiger partial charge in [0, 0.05) is 10.0 Å². The third kappa shape index (κ3) is 6.03. The predicted octanol–water partition coefficient (Wildman–Crippen LogP) is 5.85. The zero-order valence-electron chi connectivity index (χ0n) is 15.6. The molecule has 0 aliphatic carbocycles. The van der Waals surface area contributed by atoms with Crippen molar-refractivity contribution in [2.24, 2.45) is 0 Å². The first-order valence-electron chi connectivity index (χ1n) is 8.95. The lowest BCUT2D eigenvalue weighted by molar-refractivity contribution is -0.115. The molecule has 1 N–H and O–H groups in total. The molecule has 2 aromatic rings. The molecule has 0 heterocycles. The molecule has 0 aliphatic rings. The van der Waals surface area contributed by atoms with Gasteiger partial charge in [-0.1, -0.05) is 64.8 Å². The van der Waals surface area contributed by atoms with Crippen LogP contribution in [0.1, 0.15) is 37.0 Å². The topological polar surface area (TPSA) is 38.3 Å². The molecular formula is C22H26BrNO2. The lowest BCUT2D eigenvalue weighted by Crippen LogP contribution is -2.16. The molecule has 1 amide bonds. The Morgan fingerprint density at radius 2 is 1.96 bits per heavy atom. The molecule has 3 nitrogen and oxygen atoms in total. The molecule has 0 aromatic heterocycles. The minimum absolute atomic E-state index is 0.0507. The van der Waals surface area contributed by atoms with Crippen molar-refractivity contribution in [3.63, 3.8) is 0 Å². The van der Waals surface area contributed by atoms with E-state index in [1.54, 1.807) is 0 Å². The molecule has 0 radical (unpaired) electrons. The van der Waals surface area contributed by atoms with Crippen molar-refractivity contribution in [2.45, 2.75) is 40.0 Å². The molecule has 0 saturated carbocycles. The summed E-state index contributed by atoms with van der Waals surface area (Å²) in [6, 6.07) is 12.0. The van der Waals surface area contributed by atoms with Gasteiger partial charge in [-0.25, -0.2) is 0 Å². The molecular weight excluding hydrogens is 390 g/mol. The van der Waals surface area contributed by atoms with E-state index in [0.717, 1.165) is 34.2 Å². The number of hydrogen-bond donors (Lipinski definition) is 1. The normalized spacial score (nSPS) is 10.9. The maximum atomic E-state index is 12.5. The standard InChI is InChI=1S/C22H26BrNO2/c1-4-6-7-18-14-19(23)15-20(22(18)26-12-5-2)24-21(25)13-17-10-8-16(3)9-11-17/h4,6,8-11,14-15H,5,7,12-13H2,1-3H3,(H,24,25)/b6-4+. The van der Waals surface area contributed by atoms with Gasteiger partial charge >= 0.3 is 0 Å². The van der Waals surface area contributed by atoms with Crippen molar-refractivity contribution >= 4 is 27.5 Å². The zero-order valence-corrected chi connectivity index (χ0v) is 17.2. The van der Waals surface area contributed by atoms with E-state index in [-0.39, 0.29) is 5.91 Å². The predicted molar refractivity (Wildman–Crippen MR) is 112 cm³/mol. The molecule has 0 unspecified atom stereocenters. The monoisotopic (exact) mass is 415 g/mol. The van der Waals surface area contributed by atoms with Crippen LogP contribution >= 0.6 is 15.9 Å². The van der Waals surface area contributed by atoms with Gasteiger partial charge < -0.3 is 10.1 Å². The Balaban J connectivity index is 2.23. The van der Waals surface area contributed by atoms with Crippen LogP contribution in [0.3, 0.4) is 0 Å². The summed E-state index contributed by atoms with van der Waals surface area (Å²) >= 11 is 3.54. The van der Waals surface area contributed by atoms with E-state index in [4.69, 9.17) is 4.74 Å². The Labute approximate surface area is 164 Å². The maximum absolute atomic E-state index is 12.5. The molecule has 0 bridgehead atoms. The van der Waals surface area contributed by atoms with Crippen LogP contribution in [0.2, 0.25) is 0 Å². The van der Waals surface area contributed by atoms with Gasteiger partial charge in [0.25, 0.3) is 0 Å². The lowest BCUT2D eigenvalue weighted by Gasteiger charge is -2.17. The van der Waals surface area contributed by atoms with E-state index in [1.165, 1.54) is 5.56 Å². The van der Waals surface area contributed by atoms with Crippen LogP contribution in [0.5, 0.6) is 5.75 Å². The van der Waals surface area contributed by atoms with Gasteiger partial charge in [-0.05, 0) is 44.4 Å². The first-order valence-corrected chi connectivity index (χ1v) is 9.74. The van der Waals surface area contributed by atoms with Crippen molar-refractivity contribution in [3.05, 3.63) is 69.7 Å². The average Bonchev–Trinajstić information content (AvgIpc) is 2.61. The highest BCUT2D eigenvalue weighted by Crippen LogP contribution is 2.34. The molecule has 0 saturated heterocycles. The number of aryl methyl sites for hydroxylation is 1. The number of amides is 1. The second-order valence-corrected chi connectivity index (χ2v) is 7.19. The fourth-order valence-corrected chi connectivity index (χ4v) is 3.10. The van der Waals surface area contributed by atoms with E-state index >= 15 is 0 Å². The Hall–Kier alpha value is -2.07. The minimum Gasteiger partial charge on any atom is -0.491 e. The summed E-state index contributed by atoms with van der Waals surface area (Å²) in [6.45, 7) is 6.72. The molecule has 0 spiro atoms. The first-order chi connectivity index (χ1) is 12.5. The highest BCUT2D eigenvalue weighted by atomic mass is 79.9. The van der Waals surface area contributed by atoms with Gasteiger partial charge in [0.15, 0.2) is 0 Å². The number of carbonyl (C=O) groups excluding carboxylic acids is 1. The quantitative estimate of drug-likeness (QED) is 0.549. The molecule has 0 atom stereocenters. The van der Waals surface area contributed by atoms with Crippen LogP contribution in [0, 0.1) is 6.92 Å². The Morgan fingerprint density at radius 3 is 2.62 bits per heavy atom. The van der Waals surface area contributed by atoms with Crippen molar-refractivity contribution in [1.29, 1.82) is 0 Å². The molecule has 138 valence electrons. The number of allylic oxidation sites excluding steroid dienone is 2. The van der Waals surface area contributed by atoms with Gasteiger partial charge in [0.1, 0.15) is 5.75 Å². The summed E-state index contributed by atoms with van der Waals surface area (Å²) in [4.78, 5) is 12.5. The second kappa shape index (κ2) is 10.2. The fourth-order valence-electron chi connectivity index (χ4n) is 2.60. The molecule has 0 fully saturated rings. The summed E-state index contributed by atoms with van der Waals surface area (Å²) in [5.41, 5.74) is 3.94. The third-order valence-corrected chi connectivity index (χ3v) is 4.37. The highest BCUT2D eigenvalue weighted by molar-refractivity contribution is 9.10. The number of halogens is 1. The van der Waals surface area contributed by atoms with Crippen LogP contribution in [0.25, 0.3) is 0 Å². The van der Waals surface area contributed by atoms with Gasteiger partial charge in [-0.15, -0.1) is 0 Å². The third-order valence-electron chi connectivity index (χ3n) is 3.91. The maximum Gasteiger partial charge on any atom is 0.228 e. The molecule has 2 rings (SSSR count). The second-order valence-electron chi connectivity index (χ2n) is 6.27. The Bertz CT molecular complexity index is 766. The van der Waals surface area contributed by atoms with Gasteiger partial charge in [-0.2, -0.15) is 0 Å². The van der Waals surface area contributed by atoms with Crippen LogP contribution < -0.4 is 10.1 Å². The zero-order chi connectivity index (χ0) is 18.9. The number of benzene rings is 2. The Kier molecular flexibility index (Phi) is 7.92. The van der Waals surface area contributed by atoms with E-state index in [2.05, 4.69) is 34.2 Å². The lowest BCUT2D eigenvalue weighted by atomic mass is 10.1. The van der Waals surface area contributed by atoms with Gasteiger partial charge in [0.05, 0.1) is 18.7 Å². The summed E-state index contributed by atoms with van der Waals surface area (Å²) in [6.07, 6.45) is 6.11. The van der Waals surface area contributed by atoms with Crippen LogP contribution in [0.15, 0.2) is 53.0 Å². The summed E-state index contributed by atoms with van der Waals surface area (Å²) in [5.74, 6) is 0.704. The van der Waals surface area contributed by atoms with Crippen molar-refractivity contribution in [2.75, 3.05) is 11.9 Å². The molecule has 0 aliphatic heterocycles. The number of nitrogens with one attached hydrogen (secondary N) is 1. The number of carbonyl (C=O) groups is 1. The number of anilines is 1. The molecule has 26 heavy (non-hydrogen) atoms. The van der Waals surface area contributed by atoms with E-state index in [0.29, 0.717) is 18.7 Å². The molecule has 2 aromatic carbocycles. The summed E-state index contributed by atoms with van der Waals surface area (Å²) < 4.78 is 6.89. The van der Waals surface area contributed by atoms with Crippen molar-refractivity contribution in [1.82, 2.24) is 0 Å². The van der Waals surface area contributed by atoms with Gasteiger partial charge in [0.2, 0.25) is 5.91 Å². The fraction of sp³-hybridized carbons (Fsp3) is 0.318. The number of rotatable bonds is 8. The van der Waals surface area contributed by atoms with Gasteiger partial charge in [-0.3, -0.25) is 4.79 Å². The van der Waals surface area contributed by atoms with E-state index in [9.17, 15) is 4.79 Å². The van der Waals surface area contributed by atoms with Crippen LogP contribution in [-0.2, 0) is 17.6 Å². The van der Waals surface area contributed by atoms with Crippen LogP contribution in [0.4, 0.5) is 5.69 Å². The highest BCUT2D eigenvalue weighted by Gasteiger charge is 2.14. The van der Waals surface area contributed by atoms with E-state index in [1.807, 2.05) is 56.3 Å². The first kappa shape index (κ1) is 20.2. The average molecular weight is 416 g/mol.